The Morgan fingerprint density at radius 2 is 2.04 bits per heavy atom. The summed E-state index contributed by atoms with van der Waals surface area (Å²) < 4.78 is 5.77. The van der Waals surface area contributed by atoms with Crippen molar-refractivity contribution in [2.75, 3.05) is 19.7 Å². The minimum atomic E-state index is -0.568. The molecule has 4 nitrogen and oxygen atoms in total. The molecule has 28 heavy (non-hydrogen) atoms. The maximum absolute atomic E-state index is 10.6. The van der Waals surface area contributed by atoms with E-state index in [2.05, 4.69) is 39.9 Å². The highest BCUT2D eigenvalue weighted by Crippen LogP contribution is 2.39. The Bertz CT molecular complexity index is 928. The van der Waals surface area contributed by atoms with E-state index in [0.717, 1.165) is 18.5 Å². The summed E-state index contributed by atoms with van der Waals surface area (Å²) in [5, 5.41) is 23.6. The lowest BCUT2D eigenvalue weighted by molar-refractivity contribution is 0.0562. The van der Waals surface area contributed by atoms with E-state index in [1.165, 1.54) is 15.3 Å². The molecule has 0 bridgehead atoms. The molecule has 0 unspecified atom stereocenters. The number of aliphatic hydroxyl groups is 1. The lowest BCUT2D eigenvalue weighted by Crippen LogP contribution is -2.41. The number of ether oxygens (including phenoxy) is 1. The van der Waals surface area contributed by atoms with Gasteiger partial charge in [-0.05, 0) is 52.6 Å². The molecule has 0 radical (unpaired) electrons. The number of β-amino-alcohol motifs (C(OH)–C–C–N with tert-alkyl or cyclic N) is 1. The summed E-state index contributed by atoms with van der Waals surface area (Å²) in [4.78, 5) is 5.14. The molecule has 0 fully saturated rings. The second-order valence-corrected chi connectivity index (χ2v) is 8.89. The van der Waals surface area contributed by atoms with Crippen LogP contribution >= 0.6 is 22.7 Å². The van der Waals surface area contributed by atoms with Gasteiger partial charge in [-0.3, -0.25) is 4.90 Å². The number of hydrogen-bond acceptors (Lipinski definition) is 6. The molecule has 1 N–H and O–H groups in total. The first-order valence-corrected chi connectivity index (χ1v) is 11.1. The van der Waals surface area contributed by atoms with Gasteiger partial charge in [0, 0.05) is 22.8 Å². The number of thiophene rings is 2. The molecule has 2 aromatic heterocycles. The van der Waals surface area contributed by atoms with E-state index in [9.17, 15) is 5.11 Å². The molecule has 3 heterocycles. The molecule has 0 saturated heterocycles. The van der Waals surface area contributed by atoms with Gasteiger partial charge in [0.15, 0.2) is 0 Å². The second kappa shape index (κ2) is 8.89. The van der Waals surface area contributed by atoms with Crippen LogP contribution in [0.15, 0.2) is 53.2 Å². The molecule has 144 valence electrons. The van der Waals surface area contributed by atoms with E-state index in [4.69, 9.17) is 10.00 Å². The maximum Gasteiger partial charge on any atom is 0.119 e. The van der Waals surface area contributed by atoms with Crippen LogP contribution in [-0.2, 0) is 12.8 Å². The number of hydrogen-bond donors (Lipinski definition) is 1. The summed E-state index contributed by atoms with van der Waals surface area (Å²) >= 11 is 3.60. The second-order valence-electron chi connectivity index (χ2n) is 6.91. The van der Waals surface area contributed by atoms with Crippen molar-refractivity contribution >= 4 is 22.7 Å². The fraction of sp³-hybridized carbons (Fsp3) is 0.318. The molecular formula is C22H22N2O2S2. The fourth-order valence-electron chi connectivity index (χ4n) is 3.66. The highest BCUT2D eigenvalue weighted by Gasteiger charge is 2.31. The van der Waals surface area contributed by atoms with E-state index in [0.29, 0.717) is 18.7 Å². The number of fused-ring (bicyclic) bond motifs is 1. The molecule has 1 aromatic carbocycles. The Labute approximate surface area is 173 Å². The standard InChI is InChI=1S/C22H22N2O2S2/c23-10-7-16-3-5-18(6-4-16)26-15-17(25)14-24-11-8-20-19(9-13-28-20)22(24)21-2-1-12-27-21/h1-6,9,12-13,17,22,25H,7-8,11,14-15H2/t17-,22+/m1/s1. The van der Waals surface area contributed by atoms with Gasteiger partial charge in [0.1, 0.15) is 18.5 Å². The Kier molecular flexibility index (Phi) is 6.08. The zero-order chi connectivity index (χ0) is 19.3. The monoisotopic (exact) mass is 410 g/mol. The van der Waals surface area contributed by atoms with E-state index in [-0.39, 0.29) is 12.6 Å². The van der Waals surface area contributed by atoms with Gasteiger partial charge >= 0.3 is 0 Å². The topological polar surface area (TPSA) is 56.5 Å². The molecule has 0 saturated carbocycles. The molecule has 1 aliphatic heterocycles. The van der Waals surface area contributed by atoms with Crippen LogP contribution in [0.25, 0.3) is 0 Å². The van der Waals surface area contributed by atoms with Crippen molar-refractivity contribution in [3.05, 3.63) is 74.1 Å². The zero-order valence-electron chi connectivity index (χ0n) is 15.5. The summed E-state index contributed by atoms with van der Waals surface area (Å²) in [6.45, 7) is 1.77. The molecule has 4 rings (SSSR count). The van der Waals surface area contributed by atoms with Crippen molar-refractivity contribution in [3.8, 4) is 11.8 Å². The van der Waals surface area contributed by atoms with Crippen LogP contribution in [-0.4, -0.2) is 35.8 Å². The van der Waals surface area contributed by atoms with E-state index in [1.54, 1.807) is 11.3 Å². The van der Waals surface area contributed by atoms with Crippen molar-refractivity contribution in [1.82, 2.24) is 4.90 Å². The lowest BCUT2D eigenvalue weighted by atomic mass is 9.98. The Hall–Kier alpha value is -2.17. The molecule has 6 heteroatoms. The molecular weight excluding hydrogens is 388 g/mol. The van der Waals surface area contributed by atoms with Crippen LogP contribution in [0.5, 0.6) is 5.75 Å². The first kappa shape index (κ1) is 19.2. The Morgan fingerprint density at radius 3 is 2.79 bits per heavy atom. The molecule has 1 aliphatic rings. The van der Waals surface area contributed by atoms with Gasteiger partial charge < -0.3 is 9.84 Å². The van der Waals surface area contributed by atoms with Crippen molar-refractivity contribution in [2.24, 2.45) is 0 Å². The number of benzene rings is 1. The fourth-order valence-corrected chi connectivity index (χ4v) is 5.44. The highest BCUT2D eigenvalue weighted by molar-refractivity contribution is 7.10. The van der Waals surface area contributed by atoms with Crippen LogP contribution in [0.1, 0.15) is 26.9 Å². The van der Waals surface area contributed by atoms with Crippen molar-refractivity contribution < 1.29 is 9.84 Å². The van der Waals surface area contributed by atoms with E-state index in [1.807, 2.05) is 35.6 Å². The normalized spacial score (nSPS) is 17.6. The highest BCUT2D eigenvalue weighted by atomic mass is 32.1. The van der Waals surface area contributed by atoms with E-state index >= 15 is 0 Å². The number of aliphatic hydroxyl groups excluding tert-OH is 1. The van der Waals surface area contributed by atoms with Gasteiger partial charge in [0.2, 0.25) is 0 Å². The van der Waals surface area contributed by atoms with Crippen LogP contribution < -0.4 is 4.74 Å². The van der Waals surface area contributed by atoms with Gasteiger partial charge in [-0.2, -0.15) is 5.26 Å². The van der Waals surface area contributed by atoms with Gasteiger partial charge in [0.05, 0.1) is 18.5 Å². The molecule has 0 spiro atoms. The van der Waals surface area contributed by atoms with Crippen LogP contribution in [0, 0.1) is 11.3 Å². The molecule has 0 aliphatic carbocycles. The minimum Gasteiger partial charge on any atom is -0.491 e. The zero-order valence-corrected chi connectivity index (χ0v) is 17.1. The van der Waals surface area contributed by atoms with Gasteiger partial charge in [0.25, 0.3) is 0 Å². The minimum absolute atomic E-state index is 0.218. The van der Waals surface area contributed by atoms with Gasteiger partial charge in [-0.15, -0.1) is 22.7 Å². The number of rotatable bonds is 7. The molecule has 0 amide bonds. The Morgan fingerprint density at radius 1 is 1.18 bits per heavy atom. The number of nitriles is 1. The van der Waals surface area contributed by atoms with Crippen LogP contribution in [0.4, 0.5) is 0 Å². The SMILES string of the molecule is N#CCc1ccc(OC[C@H](O)CN2CCc3sccc3[C@H]2c2cccs2)cc1. The van der Waals surface area contributed by atoms with Gasteiger partial charge in [-0.25, -0.2) is 0 Å². The lowest BCUT2D eigenvalue weighted by Gasteiger charge is -2.36. The summed E-state index contributed by atoms with van der Waals surface area (Å²) in [5.41, 5.74) is 2.34. The van der Waals surface area contributed by atoms with Crippen LogP contribution in [0.3, 0.4) is 0 Å². The van der Waals surface area contributed by atoms with Gasteiger partial charge in [-0.1, -0.05) is 18.2 Å². The maximum atomic E-state index is 10.6. The average Bonchev–Trinajstić information content (AvgIpc) is 3.39. The third-order valence-electron chi connectivity index (χ3n) is 4.97. The summed E-state index contributed by atoms with van der Waals surface area (Å²) in [7, 11) is 0. The predicted octanol–water partition coefficient (Wildman–Crippen LogP) is 4.26. The first-order chi connectivity index (χ1) is 13.7. The van der Waals surface area contributed by atoms with E-state index < -0.39 is 6.10 Å². The summed E-state index contributed by atoms with van der Waals surface area (Å²) in [6, 6.07) is 16.3. The molecule has 3 aromatic rings. The van der Waals surface area contributed by atoms with Crippen molar-refractivity contribution in [1.29, 1.82) is 5.26 Å². The summed E-state index contributed by atoms with van der Waals surface area (Å²) in [5.74, 6) is 0.717. The quantitative estimate of drug-likeness (QED) is 0.632. The number of nitrogens with zero attached hydrogens (tertiary/aromatic N) is 2. The van der Waals surface area contributed by atoms with Crippen LogP contribution in [0.2, 0.25) is 0 Å². The first-order valence-electron chi connectivity index (χ1n) is 9.35. The third kappa shape index (κ3) is 4.29. The Balaban J connectivity index is 1.39. The average molecular weight is 411 g/mol. The van der Waals surface area contributed by atoms with Crippen molar-refractivity contribution in [2.45, 2.75) is 25.0 Å². The third-order valence-corrected chi connectivity index (χ3v) is 6.89. The molecule has 2 atom stereocenters. The predicted molar refractivity (Wildman–Crippen MR) is 113 cm³/mol. The smallest absolute Gasteiger partial charge is 0.119 e. The van der Waals surface area contributed by atoms with Crippen molar-refractivity contribution in [3.63, 3.8) is 0 Å². The largest absolute Gasteiger partial charge is 0.491 e. The summed E-state index contributed by atoms with van der Waals surface area (Å²) in [6.07, 6.45) is 0.858.